The van der Waals surface area contributed by atoms with Crippen LogP contribution in [0.2, 0.25) is 0 Å². The molecule has 2 rings (SSSR count). The van der Waals surface area contributed by atoms with Crippen LogP contribution >= 0.6 is 0 Å². The number of carbonyl (C=O) groups excluding carboxylic acids is 1. The smallest absolute Gasteiger partial charge is 0.255 e. The van der Waals surface area contributed by atoms with Crippen LogP contribution in [-0.2, 0) is 0 Å². The molecule has 0 atom stereocenters. The number of hydrogen-bond acceptors (Lipinski definition) is 3. The third kappa shape index (κ3) is 3.29. The molecule has 0 aliphatic carbocycles. The Labute approximate surface area is 118 Å². The van der Waals surface area contributed by atoms with Gasteiger partial charge in [-0.3, -0.25) is 4.79 Å². The van der Waals surface area contributed by atoms with Crippen molar-refractivity contribution in [2.24, 2.45) is 0 Å². The van der Waals surface area contributed by atoms with Crippen molar-refractivity contribution in [1.82, 2.24) is 0 Å². The maximum Gasteiger partial charge on any atom is 0.255 e. The van der Waals surface area contributed by atoms with Crippen molar-refractivity contribution in [3.8, 4) is 5.75 Å². The molecule has 0 fully saturated rings. The Kier molecular flexibility index (Phi) is 4.25. The maximum absolute atomic E-state index is 12.1. The van der Waals surface area contributed by atoms with Crippen LogP contribution < -0.4 is 15.8 Å². The number of anilines is 2. The minimum Gasteiger partial charge on any atom is -0.494 e. The molecule has 4 heteroatoms. The lowest BCUT2D eigenvalue weighted by molar-refractivity contribution is 0.102. The molecule has 2 aromatic rings. The number of benzene rings is 2. The van der Waals surface area contributed by atoms with Crippen molar-refractivity contribution in [2.45, 2.75) is 13.8 Å². The standard InChI is InChI=1S/C16H18N2O2/c1-3-20-14-8-5-12(6-9-14)16(19)18-13-7-4-11(2)15(17)10-13/h4-10H,3,17H2,1-2H3,(H,18,19). The average Bonchev–Trinajstić information content (AvgIpc) is 2.44. The lowest BCUT2D eigenvalue weighted by Gasteiger charge is -2.08. The Morgan fingerprint density at radius 2 is 1.90 bits per heavy atom. The SMILES string of the molecule is CCOc1ccc(C(=O)Nc2ccc(C)c(N)c2)cc1. The van der Waals surface area contributed by atoms with E-state index < -0.39 is 0 Å². The Hall–Kier alpha value is -2.49. The van der Waals surface area contributed by atoms with Crippen molar-refractivity contribution in [2.75, 3.05) is 17.7 Å². The molecule has 2 aromatic carbocycles. The minimum atomic E-state index is -0.170. The summed E-state index contributed by atoms with van der Waals surface area (Å²) in [5.41, 5.74) is 8.74. The van der Waals surface area contributed by atoms with Crippen LogP contribution in [0, 0.1) is 6.92 Å². The molecule has 0 aliphatic heterocycles. The van der Waals surface area contributed by atoms with E-state index in [0.29, 0.717) is 23.5 Å². The number of aryl methyl sites for hydroxylation is 1. The fraction of sp³-hybridized carbons (Fsp3) is 0.188. The summed E-state index contributed by atoms with van der Waals surface area (Å²) >= 11 is 0. The highest BCUT2D eigenvalue weighted by Crippen LogP contribution is 2.18. The van der Waals surface area contributed by atoms with Gasteiger partial charge in [0.25, 0.3) is 5.91 Å². The molecule has 4 nitrogen and oxygen atoms in total. The van der Waals surface area contributed by atoms with E-state index in [1.54, 1.807) is 30.3 Å². The number of ether oxygens (including phenoxy) is 1. The van der Waals surface area contributed by atoms with Gasteiger partial charge in [-0.15, -0.1) is 0 Å². The van der Waals surface area contributed by atoms with Gasteiger partial charge in [-0.1, -0.05) is 6.07 Å². The molecule has 0 saturated carbocycles. The fourth-order valence-electron chi connectivity index (χ4n) is 1.79. The van der Waals surface area contributed by atoms with E-state index in [1.807, 2.05) is 26.0 Å². The van der Waals surface area contributed by atoms with Gasteiger partial charge < -0.3 is 15.8 Å². The summed E-state index contributed by atoms with van der Waals surface area (Å²) < 4.78 is 5.34. The molecular formula is C16H18N2O2. The van der Waals surface area contributed by atoms with E-state index in [4.69, 9.17) is 10.5 Å². The molecule has 0 heterocycles. The molecule has 0 unspecified atom stereocenters. The van der Waals surface area contributed by atoms with Crippen LogP contribution in [0.1, 0.15) is 22.8 Å². The Morgan fingerprint density at radius 1 is 1.20 bits per heavy atom. The van der Waals surface area contributed by atoms with Crippen LogP contribution in [0.5, 0.6) is 5.75 Å². The van der Waals surface area contributed by atoms with Gasteiger partial charge in [-0.25, -0.2) is 0 Å². The number of nitrogens with two attached hydrogens (primary N) is 1. The van der Waals surface area contributed by atoms with E-state index in [2.05, 4.69) is 5.32 Å². The molecule has 104 valence electrons. The topological polar surface area (TPSA) is 64.3 Å². The average molecular weight is 270 g/mol. The molecule has 0 spiro atoms. The van der Waals surface area contributed by atoms with Gasteiger partial charge in [0.1, 0.15) is 5.75 Å². The van der Waals surface area contributed by atoms with E-state index in [1.165, 1.54) is 0 Å². The largest absolute Gasteiger partial charge is 0.494 e. The highest BCUT2D eigenvalue weighted by Gasteiger charge is 2.07. The second-order valence-electron chi connectivity index (χ2n) is 4.48. The van der Waals surface area contributed by atoms with Gasteiger partial charge in [0, 0.05) is 16.9 Å². The molecule has 1 amide bonds. The van der Waals surface area contributed by atoms with Crippen LogP contribution in [0.3, 0.4) is 0 Å². The van der Waals surface area contributed by atoms with Crippen molar-refractivity contribution in [3.05, 3.63) is 53.6 Å². The summed E-state index contributed by atoms with van der Waals surface area (Å²) in [5, 5.41) is 2.82. The zero-order chi connectivity index (χ0) is 14.5. The third-order valence-corrected chi connectivity index (χ3v) is 2.96. The minimum absolute atomic E-state index is 0.170. The second kappa shape index (κ2) is 6.10. The highest BCUT2D eigenvalue weighted by molar-refractivity contribution is 6.04. The molecular weight excluding hydrogens is 252 g/mol. The number of nitrogen functional groups attached to an aromatic ring is 1. The third-order valence-electron chi connectivity index (χ3n) is 2.96. The molecule has 0 bridgehead atoms. The molecule has 0 aliphatic rings. The number of amides is 1. The molecule has 0 radical (unpaired) electrons. The van der Waals surface area contributed by atoms with Crippen molar-refractivity contribution >= 4 is 17.3 Å². The van der Waals surface area contributed by atoms with Crippen LogP contribution in [0.15, 0.2) is 42.5 Å². The van der Waals surface area contributed by atoms with Crippen LogP contribution in [0.25, 0.3) is 0 Å². The fourth-order valence-corrected chi connectivity index (χ4v) is 1.79. The van der Waals surface area contributed by atoms with Gasteiger partial charge in [-0.05, 0) is 55.8 Å². The normalized spacial score (nSPS) is 10.1. The maximum atomic E-state index is 12.1. The molecule has 0 saturated heterocycles. The van der Waals surface area contributed by atoms with Crippen molar-refractivity contribution in [1.29, 1.82) is 0 Å². The Morgan fingerprint density at radius 3 is 2.50 bits per heavy atom. The first-order chi connectivity index (χ1) is 9.60. The van der Waals surface area contributed by atoms with Crippen molar-refractivity contribution in [3.63, 3.8) is 0 Å². The van der Waals surface area contributed by atoms with Gasteiger partial charge in [0.15, 0.2) is 0 Å². The van der Waals surface area contributed by atoms with E-state index in [-0.39, 0.29) is 5.91 Å². The monoisotopic (exact) mass is 270 g/mol. The first kappa shape index (κ1) is 13.9. The first-order valence-corrected chi connectivity index (χ1v) is 6.50. The Bertz CT molecular complexity index is 606. The highest BCUT2D eigenvalue weighted by atomic mass is 16.5. The Balaban J connectivity index is 2.09. The molecule has 0 aromatic heterocycles. The van der Waals surface area contributed by atoms with E-state index in [0.717, 1.165) is 11.3 Å². The lowest BCUT2D eigenvalue weighted by Crippen LogP contribution is -2.12. The summed E-state index contributed by atoms with van der Waals surface area (Å²) in [6, 6.07) is 12.5. The summed E-state index contributed by atoms with van der Waals surface area (Å²) in [6.45, 7) is 4.45. The van der Waals surface area contributed by atoms with Gasteiger partial charge in [0.2, 0.25) is 0 Å². The number of hydrogen-bond donors (Lipinski definition) is 2. The summed E-state index contributed by atoms with van der Waals surface area (Å²) in [5.74, 6) is 0.583. The zero-order valence-corrected chi connectivity index (χ0v) is 11.6. The summed E-state index contributed by atoms with van der Waals surface area (Å²) in [6.07, 6.45) is 0. The quantitative estimate of drug-likeness (QED) is 0.838. The van der Waals surface area contributed by atoms with Gasteiger partial charge in [0.05, 0.1) is 6.61 Å². The second-order valence-corrected chi connectivity index (χ2v) is 4.48. The zero-order valence-electron chi connectivity index (χ0n) is 11.6. The number of rotatable bonds is 4. The number of nitrogens with one attached hydrogen (secondary N) is 1. The van der Waals surface area contributed by atoms with Gasteiger partial charge in [-0.2, -0.15) is 0 Å². The summed E-state index contributed by atoms with van der Waals surface area (Å²) in [4.78, 5) is 12.1. The lowest BCUT2D eigenvalue weighted by atomic mass is 10.1. The predicted molar refractivity (Wildman–Crippen MR) is 81.2 cm³/mol. The van der Waals surface area contributed by atoms with E-state index >= 15 is 0 Å². The van der Waals surface area contributed by atoms with Crippen LogP contribution in [0.4, 0.5) is 11.4 Å². The summed E-state index contributed by atoms with van der Waals surface area (Å²) in [7, 11) is 0. The predicted octanol–water partition coefficient (Wildman–Crippen LogP) is 3.23. The molecule has 3 N–H and O–H groups in total. The first-order valence-electron chi connectivity index (χ1n) is 6.50. The molecule has 20 heavy (non-hydrogen) atoms. The van der Waals surface area contributed by atoms with E-state index in [9.17, 15) is 4.79 Å². The van der Waals surface area contributed by atoms with Crippen LogP contribution in [-0.4, -0.2) is 12.5 Å². The van der Waals surface area contributed by atoms with Crippen molar-refractivity contribution < 1.29 is 9.53 Å². The number of carbonyl (C=O) groups is 1. The van der Waals surface area contributed by atoms with Gasteiger partial charge >= 0.3 is 0 Å².